The molecule has 2 aromatic carbocycles. The number of rotatable bonds is 5. The topological polar surface area (TPSA) is 41.3 Å². The smallest absolute Gasteiger partial charge is 0.122 e. The molecule has 1 aromatic heterocycles. The lowest BCUT2D eigenvalue weighted by atomic mass is 10.1. The maximum absolute atomic E-state index is 9.58. The van der Waals surface area contributed by atoms with Crippen molar-refractivity contribution in [2.75, 3.05) is 0 Å². The summed E-state index contributed by atoms with van der Waals surface area (Å²) < 4.78 is 2.10. The van der Waals surface area contributed by atoms with Crippen molar-refractivity contribution < 1.29 is 5.11 Å². The van der Waals surface area contributed by atoms with Crippen LogP contribution < -0.4 is 0 Å². The van der Waals surface area contributed by atoms with Gasteiger partial charge in [0.2, 0.25) is 0 Å². The lowest BCUT2D eigenvalue weighted by Crippen LogP contribution is -2.26. The number of hydrogen-bond acceptors (Lipinski definition) is 3. The number of phenolic OH excluding ortho intramolecular Hbond substituents is 1. The third-order valence-corrected chi connectivity index (χ3v) is 4.60. The molecule has 1 aliphatic rings. The number of phenols is 1. The number of nitrogens with zero attached hydrogens (tertiary/aromatic N) is 3. The molecule has 1 N–H and O–H groups in total. The molecule has 1 aliphatic carbocycles. The summed E-state index contributed by atoms with van der Waals surface area (Å²) >= 11 is 0. The first-order chi connectivity index (χ1) is 11.2. The highest BCUT2D eigenvalue weighted by molar-refractivity contribution is 5.84. The first-order valence-corrected chi connectivity index (χ1v) is 8.11. The molecule has 0 amide bonds. The number of imidazole rings is 1. The predicted octanol–water partition coefficient (Wildman–Crippen LogP) is 3.44. The lowest BCUT2D eigenvalue weighted by Gasteiger charge is -2.22. The van der Waals surface area contributed by atoms with Crippen LogP contribution in [0.5, 0.6) is 5.75 Å². The van der Waals surface area contributed by atoms with Crippen LogP contribution in [0.1, 0.15) is 24.2 Å². The normalized spacial score (nSPS) is 14.7. The average molecular weight is 307 g/mol. The Morgan fingerprint density at radius 2 is 1.91 bits per heavy atom. The monoisotopic (exact) mass is 307 g/mol. The van der Waals surface area contributed by atoms with Crippen molar-refractivity contribution in [3.63, 3.8) is 0 Å². The van der Waals surface area contributed by atoms with Crippen LogP contribution in [-0.4, -0.2) is 25.6 Å². The van der Waals surface area contributed by atoms with Crippen LogP contribution in [-0.2, 0) is 20.1 Å². The number of benzene rings is 2. The van der Waals surface area contributed by atoms with Crippen molar-refractivity contribution in [1.82, 2.24) is 14.5 Å². The van der Waals surface area contributed by atoms with Gasteiger partial charge in [-0.05, 0) is 47.4 Å². The maximum Gasteiger partial charge on any atom is 0.122 e. The van der Waals surface area contributed by atoms with Crippen molar-refractivity contribution >= 4 is 10.8 Å². The van der Waals surface area contributed by atoms with Gasteiger partial charge in [-0.2, -0.15) is 0 Å². The summed E-state index contributed by atoms with van der Waals surface area (Å²) in [6.07, 6.45) is 6.43. The van der Waals surface area contributed by atoms with E-state index in [2.05, 4.69) is 39.7 Å². The Bertz CT molecular complexity index is 836. The van der Waals surface area contributed by atoms with Gasteiger partial charge < -0.3 is 9.67 Å². The quantitative estimate of drug-likeness (QED) is 0.785. The van der Waals surface area contributed by atoms with Gasteiger partial charge in [-0.25, -0.2) is 4.98 Å². The minimum atomic E-state index is 0.319. The molecule has 4 nitrogen and oxygen atoms in total. The zero-order valence-corrected chi connectivity index (χ0v) is 13.3. The van der Waals surface area contributed by atoms with E-state index in [0.29, 0.717) is 11.8 Å². The largest absolute Gasteiger partial charge is 0.508 e. The van der Waals surface area contributed by atoms with E-state index < -0.39 is 0 Å². The average Bonchev–Trinajstić information content (AvgIpc) is 3.31. The van der Waals surface area contributed by atoms with E-state index in [1.54, 1.807) is 6.07 Å². The summed E-state index contributed by atoms with van der Waals surface area (Å²) in [7, 11) is 2.05. The third kappa shape index (κ3) is 3.08. The van der Waals surface area contributed by atoms with Gasteiger partial charge in [0.1, 0.15) is 11.6 Å². The zero-order chi connectivity index (χ0) is 15.8. The molecule has 1 saturated carbocycles. The highest BCUT2D eigenvalue weighted by Gasteiger charge is 2.29. The Kier molecular flexibility index (Phi) is 3.54. The van der Waals surface area contributed by atoms with Gasteiger partial charge in [0.05, 0.1) is 6.54 Å². The van der Waals surface area contributed by atoms with Gasteiger partial charge in [0, 0.05) is 32.0 Å². The molecule has 23 heavy (non-hydrogen) atoms. The minimum Gasteiger partial charge on any atom is -0.508 e. The van der Waals surface area contributed by atoms with Gasteiger partial charge >= 0.3 is 0 Å². The number of hydrogen-bond donors (Lipinski definition) is 1. The SMILES string of the molecule is Cn1ccnc1CN(Cc1ccc2cc(O)ccc2c1)C1CC1. The summed E-state index contributed by atoms with van der Waals surface area (Å²) in [6.45, 7) is 1.83. The van der Waals surface area contributed by atoms with Crippen molar-refractivity contribution in [2.24, 2.45) is 7.05 Å². The first kappa shape index (κ1) is 14.3. The van der Waals surface area contributed by atoms with E-state index >= 15 is 0 Å². The maximum atomic E-state index is 9.58. The van der Waals surface area contributed by atoms with Gasteiger partial charge in [0.15, 0.2) is 0 Å². The highest BCUT2D eigenvalue weighted by atomic mass is 16.3. The van der Waals surface area contributed by atoms with E-state index in [4.69, 9.17) is 0 Å². The molecule has 4 heteroatoms. The lowest BCUT2D eigenvalue weighted by molar-refractivity contribution is 0.237. The Morgan fingerprint density at radius 1 is 1.13 bits per heavy atom. The molecule has 4 rings (SSSR count). The van der Waals surface area contributed by atoms with Crippen molar-refractivity contribution in [1.29, 1.82) is 0 Å². The standard InChI is InChI=1S/C19H21N3O/c1-21-9-8-20-19(21)13-22(17-5-6-17)12-14-2-3-16-11-18(23)7-4-15(16)10-14/h2-4,7-11,17,23H,5-6,12-13H2,1H3. The first-order valence-electron chi connectivity index (χ1n) is 8.11. The second-order valence-electron chi connectivity index (χ2n) is 6.46. The molecule has 0 unspecified atom stereocenters. The molecule has 0 saturated heterocycles. The van der Waals surface area contributed by atoms with Gasteiger partial charge in [-0.3, -0.25) is 4.90 Å². The Balaban J connectivity index is 1.57. The Morgan fingerprint density at radius 3 is 2.65 bits per heavy atom. The molecule has 3 aromatic rings. The van der Waals surface area contributed by atoms with E-state index in [9.17, 15) is 5.11 Å². The van der Waals surface area contributed by atoms with Crippen LogP contribution >= 0.6 is 0 Å². The fourth-order valence-electron chi connectivity index (χ4n) is 3.10. The van der Waals surface area contributed by atoms with Gasteiger partial charge in [-0.1, -0.05) is 18.2 Å². The van der Waals surface area contributed by atoms with Crippen LogP contribution in [0.4, 0.5) is 0 Å². The van der Waals surface area contributed by atoms with E-state index in [0.717, 1.165) is 24.3 Å². The Labute approximate surface area is 136 Å². The number of aromatic hydroxyl groups is 1. The van der Waals surface area contributed by atoms with Gasteiger partial charge in [-0.15, -0.1) is 0 Å². The van der Waals surface area contributed by atoms with Crippen molar-refractivity contribution in [3.05, 3.63) is 60.2 Å². The molecule has 118 valence electrons. The van der Waals surface area contributed by atoms with Gasteiger partial charge in [0.25, 0.3) is 0 Å². The van der Waals surface area contributed by atoms with Crippen LogP contribution in [0.25, 0.3) is 10.8 Å². The summed E-state index contributed by atoms with van der Waals surface area (Å²) in [5, 5.41) is 11.8. The summed E-state index contributed by atoms with van der Waals surface area (Å²) in [5.74, 6) is 1.43. The molecular weight excluding hydrogens is 286 g/mol. The second kappa shape index (κ2) is 5.70. The molecule has 0 spiro atoms. The molecule has 0 radical (unpaired) electrons. The Hall–Kier alpha value is -2.33. The summed E-state index contributed by atoms with van der Waals surface area (Å²) in [6, 6.07) is 12.7. The molecular formula is C19H21N3O. The summed E-state index contributed by atoms with van der Waals surface area (Å²) in [4.78, 5) is 6.98. The predicted molar refractivity (Wildman–Crippen MR) is 91.1 cm³/mol. The van der Waals surface area contributed by atoms with Crippen LogP contribution in [0.3, 0.4) is 0 Å². The number of aromatic nitrogens is 2. The van der Waals surface area contributed by atoms with Crippen LogP contribution in [0.2, 0.25) is 0 Å². The van der Waals surface area contributed by atoms with E-state index in [1.807, 2.05) is 24.5 Å². The molecule has 1 fully saturated rings. The van der Waals surface area contributed by atoms with Crippen molar-refractivity contribution in [2.45, 2.75) is 32.0 Å². The van der Waals surface area contributed by atoms with E-state index in [1.165, 1.54) is 23.8 Å². The highest BCUT2D eigenvalue weighted by Crippen LogP contribution is 2.30. The zero-order valence-electron chi connectivity index (χ0n) is 13.3. The summed E-state index contributed by atoms with van der Waals surface area (Å²) in [5.41, 5.74) is 1.31. The van der Waals surface area contributed by atoms with E-state index in [-0.39, 0.29) is 0 Å². The second-order valence-corrected chi connectivity index (χ2v) is 6.46. The molecule has 0 aliphatic heterocycles. The molecule has 0 bridgehead atoms. The number of aryl methyl sites for hydroxylation is 1. The number of fused-ring (bicyclic) bond motifs is 1. The molecule has 1 heterocycles. The minimum absolute atomic E-state index is 0.319. The third-order valence-electron chi connectivity index (χ3n) is 4.60. The van der Waals surface area contributed by atoms with Crippen molar-refractivity contribution in [3.8, 4) is 5.75 Å². The van der Waals surface area contributed by atoms with Crippen LogP contribution in [0.15, 0.2) is 48.8 Å². The van der Waals surface area contributed by atoms with Crippen LogP contribution in [0, 0.1) is 0 Å². The fourth-order valence-corrected chi connectivity index (χ4v) is 3.10. The molecule has 0 atom stereocenters. The fraction of sp³-hybridized carbons (Fsp3) is 0.316.